The fourth-order valence-electron chi connectivity index (χ4n) is 2.37. The molecule has 0 radical (unpaired) electrons. The first kappa shape index (κ1) is 20.5. The minimum absolute atomic E-state index is 0.0240. The van der Waals surface area contributed by atoms with Crippen LogP contribution in [0.4, 0.5) is 33.7 Å². The van der Waals surface area contributed by atoms with Gasteiger partial charge < -0.3 is 20.6 Å². The molecular weight excluding hydrogens is 366 g/mol. The Morgan fingerprint density at radius 3 is 2.44 bits per heavy atom. The van der Waals surface area contributed by atoms with E-state index in [4.69, 9.17) is 0 Å². The quantitative estimate of drug-likeness (QED) is 0.687. The Labute approximate surface area is 153 Å². The smallest absolute Gasteiger partial charge is 0.386 e. The molecule has 0 bridgehead atoms. The van der Waals surface area contributed by atoms with Gasteiger partial charge in [-0.05, 0) is 24.3 Å². The van der Waals surface area contributed by atoms with Gasteiger partial charge in [0.05, 0.1) is 17.4 Å². The molecular formula is C18H19F4N3O2. The Morgan fingerprint density at radius 2 is 1.85 bits per heavy atom. The first-order valence-electron chi connectivity index (χ1n) is 7.95. The number of nitrogens with one attached hydrogen (secondary N) is 2. The summed E-state index contributed by atoms with van der Waals surface area (Å²) in [6.07, 6.45) is -6.00. The van der Waals surface area contributed by atoms with E-state index in [2.05, 4.69) is 10.6 Å². The van der Waals surface area contributed by atoms with Gasteiger partial charge in [-0.1, -0.05) is 18.2 Å². The normalized spacial score (nSPS) is 12.4. The number of aliphatic hydroxyl groups is 1. The summed E-state index contributed by atoms with van der Waals surface area (Å²) in [5.74, 6) is -0.647. The lowest BCUT2D eigenvalue weighted by Crippen LogP contribution is -2.33. The lowest BCUT2D eigenvalue weighted by atomic mass is 10.1. The molecule has 2 rings (SSSR count). The van der Waals surface area contributed by atoms with Gasteiger partial charge in [0, 0.05) is 31.9 Å². The van der Waals surface area contributed by atoms with Gasteiger partial charge in [0.25, 0.3) is 0 Å². The van der Waals surface area contributed by atoms with Crippen molar-refractivity contribution in [3.63, 3.8) is 0 Å². The van der Waals surface area contributed by atoms with Crippen LogP contribution < -0.4 is 15.5 Å². The third-order valence-electron chi connectivity index (χ3n) is 3.79. The van der Waals surface area contributed by atoms with Gasteiger partial charge >= 0.3 is 12.2 Å². The summed E-state index contributed by atoms with van der Waals surface area (Å²) < 4.78 is 53.3. The SMILES string of the molecule is CN(C)c1ccc(NC(=O)NC[C@H](O)c2ccccc2F)c(C(F)(F)F)c1. The van der Waals surface area contributed by atoms with E-state index in [0.717, 1.165) is 18.2 Å². The lowest BCUT2D eigenvalue weighted by Gasteiger charge is -2.19. The summed E-state index contributed by atoms with van der Waals surface area (Å²) in [5.41, 5.74) is -1.13. The molecule has 0 aromatic heterocycles. The van der Waals surface area contributed by atoms with Gasteiger partial charge in [-0.15, -0.1) is 0 Å². The number of nitrogens with zero attached hydrogens (tertiary/aromatic N) is 1. The molecule has 2 aromatic carbocycles. The predicted octanol–water partition coefficient (Wildman–Crippen LogP) is 3.77. The molecule has 5 nitrogen and oxygen atoms in total. The first-order valence-corrected chi connectivity index (χ1v) is 7.95. The zero-order valence-corrected chi connectivity index (χ0v) is 14.6. The maximum absolute atomic E-state index is 13.6. The van der Waals surface area contributed by atoms with E-state index in [9.17, 15) is 27.5 Å². The molecule has 0 saturated carbocycles. The Hall–Kier alpha value is -2.81. The Balaban J connectivity index is 2.08. The standard InChI is InChI=1S/C18H19F4N3O2/c1-25(2)11-7-8-15(13(9-11)18(20,21)22)24-17(27)23-10-16(26)12-5-3-4-6-14(12)19/h3-9,16,26H,10H2,1-2H3,(H2,23,24,27)/t16-/m0/s1. The molecule has 0 aliphatic carbocycles. The highest BCUT2D eigenvalue weighted by atomic mass is 19.4. The largest absolute Gasteiger partial charge is 0.418 e. The number of hydrogen-bond acceptors (Lipinski definition) is 3. The van der Waals surface area contributed by atoms with Crippen LogP contribution in [0.1, 0.15) is 17.2 Å². The minimum Gasteiger partial charge on any atom is -0.386 e. The fourth-order valence-corrected chi connectivity index (χ4v) is 2.37. The number of urea groups is 1. The molecule has 2 amide bonds. The van der Waals surface area contributed by atoms with E-state index in [1.54, 1.807) is 14.1 Å². The van der Waals surface area contributed by atoms with Crippen molar-refractivity contribution >= 4 is 17.4 Å². The van der Waals surface area contributed by atoms with Crippen LogP contribution >= 0.6 is 0 Å². The minimum atomic E-state index is -4.67. The number of alkyl halides is 3. The molecule has 3 N–H and O–H groups in total. The average molecular weight is 385 g/mol. The highest BCUT2D eigenvalue weighted by Gasteiger charge is 2.34. The van der Waals surface area contributed by atoms with Crippen LogP contribution in [0.15, 0.2) is 42.5 Å². The second kappa shape index (κ2) is 8.26. The number of amides is 2. The summed E-state index contributed by atoms with van der Waals surface area (Å²) in [6.45, 7) is -0.371. The van der Waals surface area contributed by atoms with E-state index in [1.807, 2.05) is 0 Å². The average Bonchev–Trinajstić information content (AvgIpc) is 2.59. The van der Waals surface area contributed by atoms with E-state index < -0.39 is 35.4 Å². The van der Waals surface area contributed by atoms with Crippen molar-refractivity contribution < 1.29 is 27.5 Å². The van der Waals surface area contributed by atoms with Crippen molar-refractivity contribution in [3.8, 4) is 0 Å². The van der Waals surface area contributed by atoms with Crippen LogP contribution in [0.3, 0.4) is 0 Å². The van der Waals surface area contributed by atoms with Gasteiger partial charge in [0.15, 0.2) is 0 Å². The van der Waals surface area contributed by atoms with Crippen molar-refractivity contribution in [2.45, 2.75) is 12.3 Å². The van der Waals surface area contributed by atoms with Gasteiger partial charge in [0.2, 0.25) is 0 Å². The van der Waals surface area contributed by atoms with Crippen molar-refractivity contribution in [2.24, 2.45) is 0 Å². The molecule has 1 atom stereocenters. The zero-order valence-electron chi connectivity index (χ0n) is 14.6. The number of carbonyl (C=O) groups excluding carboxylic acids is 1. The molecule has 27 heavy (non-hydrogen) atoms. The van der Waals surface area contributed by atoms with Crippen LogP contribution in [0, 0.1) is 5.82 Å². The molecule has 146 valence electrons. The summed E-state index contributed by atoms with van der Waals surface area (Å²) >= 11 is 0. The number of aliphatic hydroxyl groups excluding tert-OH is 1. The van der Waals surface area contributed by atoms with Gasteiger partial charge in [-0.3, -0.25) is 0 Å². The first-order chi connectivity index (χ1) is 12.6. The lowest BCUT2D eigenvalue weighted by molar-refractivity contribution is -0.136. The predicted molar refractivity (Wildman–Crippen MR) is 94.2 cm³/mol. The van der Waals surface area contributed by atoms with Crippen molar-refractivity contribution in [1.29, 1.82) is 0 Å². The van der Waals surface area contributed by atoms with Gasteiger partial charge in [-0.2, -0.15) is 13.2 Å². The highest BCUT2D eigenvalue weighted by molar-refractivity contribution is 5.90. The summed E-state index contributed by atoms with van der Waals surface area (Å²) in [7, 11) is 3.19. The van der Waals surface area contributed by atoms with Crippen LogP contribution in [-0.4, -0.2) is 31.8 Å². The number of halogens is 4. The Bertz CT molecular complexity index is 809. The second-order valence-electron chi connectivity index (χ2n) is 5.99. The van der Waals surface area contributed by atoms with Crippen LogP contribution in [-0.2, 0) is 6.18 Å². The molecule has 2 aromatic rings. The molecule has 0 saturated heterocycles. The monoisotopic (exact) mass is 385 g/mol. The number of carbonyl (C=O) groups is 1. The molecule has 0 unspecified atom stereocenters. The number of benzene rings is 2. The van der Waals surface area contributed by atoms with Crippen molar-refractivity contribution in [1.82, 2.24) is 5.32 Å². The Morgan fingerprint density at radius 1 is 1.19 bits per heavy atom. The van der Waals surface area contributed by atoms with Crippen LogP contribution in [0.5, 0.6) is 0 Å². The van der Waals surface area contributed by atoms with E-state index in [1.165, 1.54) is 29.2 Å². The van der Waals surface area contributed by atoms with Crippen molar-refractivity contribution in [2.75, 3.05) is 30.9 Å². The molecule has 0 aliphatic rings. The van der Waals surface area contributed by atoms with E-state index in [-0.39, 0.29) is 12.1 Å². The van der Waals surface area contributed by atoms with Crippen LogP contribution in [0.2, 0.25) is 0 Å². The summed E-state index contributed by atoms with van der Waals surface area (Å²) in [4.78, 5) is 13.4. The summed E-state index contributed by atoms with van der Waals surface area (Å²) in [6, 6.07) is 8.01. The fraction of sp³-hybridized carbons (Fsp3) is 0.278. The topological polar surface area (TPSA) is 64.6 Å². The number of hydrogen-bond donors (Lipinski definition) is 3. The Kier molecular flexibility index (Phi) is 6.27. The summed E-state index contributed by atoms with van der Waals surface area (Å²) in [5, 5.41) is 14.3. The van der Waals surface area contributed by atoms with Gasteiger partial charge in [0.1, 0.15) is 5.82 Å². The molecule has 0 fully saturated rings. The zero-order chi connectivity index (χ0) is 20.2. The molecule has 0 aliphatic heterocycles. The van der Waals surface area contributed by atoms with Crippen molar-refractivity contribution in [3.05, 3.63) is 59.4 Å². The third kappa shape index (κ3) is 5.33. The maximum atomic E-state index is 13.6. The maximum Gasteiger partial charge on any atom is 0.418 e. The third-order valence-corrected chi connectivity index (χ3v) is 3.79. The number of rotatable bonds is 5. The van der Waals surface area contributed by atoms with E-state index >= 15 is 0 Å². The van der Waals surface area contributed by atoms with E-state index in [0.29, 0.717) is 5.69 Å². The molecule has 9 heteroatoms. The number of anilines is 2. The molecule has 0 spiro atoms. The molecule has 0 heterocycles. The van der Waals surface area contributed by atoms with Gasteiger partial charge in [-0.25, -0.2) is 9.18 Å². The highest BCUT2D eigenvalue weighted by Crippen LogP contribution is 2.37. The second-order valence-corrected chi connectivity index (χ2v) is 5.99. The van der Waals surface area contributed by atoms with Crippen LogP contribution in [0.25, 0.3) is 0 Å².